The molecule has 0 aromatic carbocycles. The van der Waals surface area contributed by atoms with Crippen molar-refractivity contribution < 1.29 is 5.11 Å². The minimum atomic E-state index is -0.0400. The van der Waals surface area contributed by atoms with Gasteiger partial charge in [0.2, 0.25) is 0 Å². The molecule has 0 fully saturated rings. The van der Waals surface area contributed by atoms with Crippen molar-refractivity contribution in [2.75, 3.05) is 4.43 Å². The van der Waals surface area contributed by atoms with Crippen LogP contribution in [0.25, 0.3) is 0 Å². The highest BCUT2D eigenvalue weighted by Gasteiger charge is 1.99. The Kier molecular flexibility index (Phi) is 7.33. The van der Waals surface area contributed by atoms with E-state index in [4.69, 9.17) is 0 Å². The summed E-state index contributed by atoms with van der Waals surface area (Å²) in [5.41, 5.74) is 0. The average molecular weight is 242 g/mol. The summed E-state index contributed by atoms with van der Waals surface area (Å²) in [6, 6.07) is 0. The van der Waals surface area contributed by atoms with Gasteiger partial charge in [-0.05, 0) is 12.8 Å². The topological polar surface area (TPSA) is 20.2 Å². The molecule has 0 spiro atoms. The summed E-state index contributed by atoms with van der Waals surface area (Å²) in [4.78, 5) is 0. The molecule has 0 saturated heterocycles. The maximum absolute atomic E-state index is 9.18. The van der Waals surface area contributed by atoms with Gasteiger partial charge in [-0.2, -0.15) is 0 Å². The van der Waals surface area contributed by atoms with Gasteiger partial charge in [0, 0.05) is 4.43 Å². The maximum atomic E-state index is 9.18. The molecular weight excluding hydrogens is 227 g/mol. The number of aliphatic hydroxyl groups is 1. The molecule has 0 aromatic heterocycles. The van der Waals surface area contributed by atoms with Crippen LogP contribution in [0.5, 0.6) is 0 Å². The van der Waals surface area contributed by atoms with Gasteiger partial charge in [0.05, 0.1) is 6.10 Å². The van der Waals surface area contributed by atoms with Crippen LogP contribution in [0.1, 0.15) is 32.6 Å². The lowest BCUT2D eigenvalue weighted by atomic mass is 10.1. The number of rotatable bonds is 5. The summed E-state index contributed by atoms with van der Waals surface area (Å²) >= 11 is 2.29. The summed E-state index contributed by atoms with van der Waals surface area (Å²) in [6.45, 7) is 2.15. The third-order valence-corrected chi connectivity index (χ3v) is 1.96. The van der Waals surface area contributed by atoms with Crippen molar-refractivity contribution in [2.45, 2.75) is 38.7 Å². The summed E-state index contributed by atoms with van der Waals surface area (Å²) in [5, 5.41) is 9.18. The zero-order valence-electron chi connectivity index (χ0n) is 5.94. The van der Waals surface area contributed by atoms with E-state index in [2.05, 4.69) is 29.5 Å². The summed E-state index contributed by atoms with van der Waals surface area (Å²) in [6.07, 6.45) is 4.26. The van der Waals surface area contributed by atoms with Crippen LogP contribution in [-0.2, 0) is 0 Å². The molecule has 1 N–H and O–H groups in total. The molecule has 0 aliphatic rings. The van der Waals surface area contributed by atoms with E-state index in [-0.39, 0.29) is 6.10 Å². The Labute approximate surface area is 71.0 Å². The van der Waals surface area contributed by atoms with Crippen LogP contribution in [0.4, 0.5) is 0 Å². The molecule has 0 aromatic rings. The van der Waals surface area contributed by atoms with Crippen LogP contribution in [0, 0.1) is 0 Å². The normalized spacial score (nSPS) is 13.7. The zero-order chi connectivity index (χ0) is 7.11. The van der Waals surface area contributed by atoms with E-state index >= 15 is 0 Å². The number of alkyl halides is 1. The number of unbranched alkanes of at least 4 members (excludes halogenated alkanes) is 1. The number of hydrogen-bond acceptors (Lipinski definition) is 1. The lowest BCUT2D eigenvalue weighted by molar-refractivity contribution is 0.159. The minimum absolute atomic E-state index is 0.0400. The predicted octanol–water partition coefficient (Wildman–Crippen LogP) is 2.36. The second-order valence-electron chi connectivity index (χ2n) is 2.27. The van der Waals surface area contributed by atoms with Crippen molar-refractivity contribution in [3.63, 3.8) is 0 Å². The first-order valence-electron chi connectivity index (χ1n) is 3.55. The van der Waals surface area contributed by atoms with E-state index in [0.29, 0.717) is 0 Å². The van der Waals surface area contributed by atoms with E-state index in [0.717, 1.165) is 23.7 Å². The van der Waals surface area contributed by atoms with Gasteiger partial charge in [-0.3, -0.25) is 0 Å². The Morgan fingerprint density at radius 3 is 2.56 bits per heavy atom. The second kappa shape index (κ2) is 6.81. The number of hydrogen-bond donors (Lipinski definition) is 1. The molecular formula is C7H15IO. The molecule has 56 valence electrons. The van der Waals surface area contributed by atoms with E-state index in [1.54, 1.807) is 0 Å². The van der Waals surface area contributed by atoms with Crippen LogP contribution >= 0.6 is 22.6 Å². The fourth-order valence-electron chi connectivity index (χ4n) is 0.710. The summed E-state index contributed by atoms with van der Waals surface area (Å²) < 4.78 is 1.07. The van der Waals surface area contributed by atoms with Crippen molar-refractivity contribution in [1.29, 1.82) is 0 Å². The van der Waals surface area contributed by atoms with Crippen LogP contribution in [0.2, 0.25) is 0 Å². The van der Waals surface area contributed by atoms with Gasteiger partial charge in [-0.1, -0.05) is 42.4 Å². The average Bonchev–Trinajstić information content (AvgIpc) is 1.85. The predicted molar refractivity (Wildman–Crippen MR) is 49.0 cm³/mol. The van der Waals surface area contributed by atoms with Crippen LogP contribution in [0.15, 0.2) is 0 Å². The Morgan fingerprint density at radius 2 is 2.11 bits per heavy atom. The summed E-state index contributed by atoms with van der Waals surface area (Å²) in [5.74, 6) is 0. The first-order valence-corrected chi connectivity index (χ1v) is 5.07. The fraction of sp³-hybridized carbons (Fsp3) is 1.00. The Balaban J connectivity index is 2.95. The zero-order valence-corrected chi connectivity index (χ0v) is 8.10. The van der Waals surface area contributed by atoms with Gasteiger partial charge < -0.3 is 5.11 Å². The second-order valence-corrected chi connectivity index (χ2v) is 3.35. The van der Waals surface area contributed by atoms with E-state index in [1.807, 2.05) is 0 Å². The third kappa shape index (κ3) is 6.58. The van der Waals surface area contributed by atoms with Crippen molar-refractivity contribution in [3.05, 3.63) is 0 Å². The van der Waals surface area contributed by atoms with Crippen molar-refractivity contribution >= 4 is 22.6 Å². The lowest BCUT2D eigenvalue weighted by Gasteiger charge is -2.05. The molecule has 1 unspecified atom stereocenters. The highest BCUT2D eigenvalue weighted by atomic mass is 127. The van der Waals surface area contributed by atoms with Crippen LogP contribution < -0.4 is 0 Å². The molecule has 0 amide bonds. The SMILES string of the molecule is CCCCC(O)CCI. The quantitative estimate of drug-likeness (QED) is 0.579. The van der Waals surface area contributed by atoms with Gasteiger partial charge in [-0.25, -0.2) is 0 Å². The monoisotopic (exact) mass is 242 g/mol. The molecule has 1 nitrogen and oxygen atoms in total. The Hall–Kier alpha value is 0.690. The fourth-order valence-corrected chi connectivity index (χ4v) is 1.43. The largest absolute Gasteiger partial charge is 0.393 e. The van der Waals surface area contributed by atoms with Crippen LogP contribution in [-0.4, -0.2) is 15.6 Å². The molecule has 0 saturated carbocycles. The van der Waals surface area contributed by atoms with Gasteiger partial charge >= 0.3 is 0 Å². The van der Waals surface area contributed by atoms with Crippen molar-refractivity contribution in [2.24, 2.45) is 0 Å². The molecule has 2 heteroatoms. The smallest absolute Gasteiger partial charge is 0.0547 e. The number of aliphatic hydroxyl groups excluding tert-OH is 1. The highest BCUT2D eigenvalue weighted by molar-refractivity contribution is 14.1. The Morgan fingerprint density at radius 1 is 1.44 bits per heavy atom. The maximum Gasteiger partial charge on any atom is 0.0547 e. The molecule has 0 rings (SSSR count). The molecule has 0 bridgehead atoms. The van der Waals surface area contributed by atoms with Crippen LogP contribution in [0.3, 0.4) is 0 Å². The molecule has 0 radical (unpaired) electrons. The van der Waals surface area contributed by atoms with E-state index in [1.165, 1.54) is 6.42 Å². The third-order valence-electron chi connectivity index (χ3n) is 1.33. The van der Waals surface area contributed by atoms with E-state index in [9.17, 15) is 5.11 Å². The first-order chi connectivity index (χ1) is 4.31. The van der Waals surface area contributed by atoms with Crippen molar-refractivity contribution in [1.82, 2.24) is 0 Å². The lowest BCUT2D eigenvalue weighted by Crippen LogP contribution is -2.05. The van der Waals surface area contributed by atoms with Gasteiger partial charge in [0.15, 0.2) is 0 Å². The molecule has 0 heterocycles. The van der Waals surface area contributed by atoms with Gasteiger partial charge in [0.25, 0.3) is 0 Å². The van der Waals surface area contributed by atoms with Crippen molar-refractivity contribution in [3.8, 4) is 0 Å². The molecule has 0 aliphatic heterocycles. The molecule has 1 atom stereocenters. The standard InChI is InChI=1S/C7H15IO/c1-2-3-4-7(9)5-6-8/h7,9H,2-6H2,1H3. The molecule has 9 heavy (non-hydrogen) atoms. The first kappa shape index (κ1) is 9.69. The number of halogens is 1. The highest BCUT2D eigenvalue weighted by Crippen LogP contribution is 2.05. The molecule has 0 aliphatic carbocycles. The van der Waals surface area contributed by atoms with Gasteiger partial charge in [0.1, 0.15) is 0 Å². The Bertz CT molecular complexity index is 56.9. The van der Waals surface area contributed by atoms with E-state index < -0.39 is 0 Å². The summed E-state index contributed by atoms with van der Waals surface area (Å²) in [7, 11) is 0. The minimum Gasteiger partial charge on any atom is -0.393 e. The van der Waals surface area contributed by atoms with Gasteiger partial charge in [-0.15, -0.1) is 0 Å².